The Labute approximate surface area is 99.8 Å². The number of aryl methyl sites for hydroxylation is 1. The SMILES string of the molecule is CSC(C)CCNC(=O)c1cnn(C)c1N. The summed E-state index contributed by atoms with van der Waals surface area (Å²) in [6.07, 6.45) is 4.50. The number of carbonyl (C=O) groups is 1. The van der Waals surface area contributed by atoms with Crippen molar-refractivity contribution in [1.82, 2.24) is 15.1 Å². The number of hydrogen-bond donors (Lipinski definition) is 2. The van der Waals surface area contributed by atoms with Gasteiger partial charge in [0.15, 0.2) is 0 Å². The van der Waals surface area contributed by atoms with Crippen molar-refractivity contribution in [1.29, 1.82) is 0 Å². The third kappa shape index (κ3) is 3.16. The Balaban J connectivity index is 2.44. The van der Waals surface area contributed by atoms with Crippen LogP contribution in [0.25, 0.3) is 0 Å². The molecule has 5 nitrogen and oxygen atoms in total. The van der Waals surface area contributed by atoms with Gasteiger partial charge >= 0.3 is 0 Å². The lowest BCUT2D eigenvalue weighted by molar-refractivity contribution is 0.0954. The Bertz CT molecular complexity index is 364. The molecule has 16 heavy (non-hydrogen) atoms. The second-order valence-corrected chi connectivity index (χ2v) is 4.93. The first-order chi connectivity index (χ1) is 7.56. The molecule has 0 saturated carbocycles. The van der Waals surface area contributed by atoms with E-state index in [2.05, 4.69) is 23.6 Å². The molecule has 1 aromatic heterocycles. The molecule has 0 fully saturated rings. The van der Waals surface area contributed by atoms with Crippen LogP contribution in [0.4, 0.5) is 5.82 Å². The molecule has 1 atom stereocenters. The van der Waals surface area contributed by atoms with Gasteiger partial charge in [0, 0.05) is 18.8 Å². The van der Waals surface area contributed by atoms with Crippen molar-refractivity contribution < 1.29 is 4.79 Å². The minimum absolute atomic E-state index is 0.154. The Kier molecular flexibility index (Phi) is 4.67. The predicted molar refractivity (Wildman–Crippen MR) is 67.5 cm³/mol. The number of thioether (sulfide) groups is 1. The van der Waals surface area contributed by atoms with Crippen molar-refractivity contribution in [2.75, 3.05) is 18.5 Å². The smallest absolute Gasteiger partial charge is 0.256 e. The van der Waals surface area contributed by atoms with Gasteiger partial charge in [-0.25, -0.2) is 0 Å². The highest BCUT2D eigenvalue weighted by atomic mass is 32.2. The first kappa shape index (κ1) is 12.9. The van der Waals surface area contributed by atoms with Crippen LogP contribution in [0.2, 0.25) is 0 Å². The van der Waals surface area contributed by atoms with Crippen LogP contribution < -0.4 is 11.1 Å². The highest BCUT2D eigenvalue weighted by molar-refractivity contribution is 7.99. The zero-order valence-corrected chi connectivity index (χ0v) is 10.7. The maximum absolute atomic E-state index is 11.7. The van der Waals surface area contributed by atoms with E-state index in [1.165, 1.54) is 10.9 Å². The Morgan fingerprint density at radius 3 is 2.94 bits per heavy atom. The summed E-state index contributed by atoms with van der Waals surface area (Å²) in [4.78, 5) is 11.7. The number of nitrogen functional groups attached to an aromatic ring is 1. The van der Waals surface area contributed by atoms with E-state index in [-0.39, 0.29) is 5.91 Å². The van der Waals surface area contributed by atoms with Crippen LogP contribution in [0.1, 0.15) is 23.7 Å². The molecule has 0 radical (unpaired) electrons. The fourth-order valence-electron chi connectivity index (χ4n) is 1.22. The fraction of sp³-hybridized carbons (Fsp3) is 0.600. The number of hydrogen-bond acceptors (Lipinski definition) is 4. The van der Waals surface area contributed by atoms with Gasteiger partial charge in [-0.3, -0.25) is 9.48 Å². The van der Waals surface area contributed by atoms with Gasteiger partial charge in [0.1, 0.15) is 11.4 Å². The monoisotopic (exact) mass is 242 g/mol. The summed E-state index contributed by atoms with van der Waals surface area (Å²) in [7, 11) is 1.71. The molecule has 0 saturated heterocycles. The van der Waals surface area contributed by atoms with Gasteiger partial charge in [0.2, 0.25) is 0 Å². The van der Waals surface area contributed by atoms with Crippen LogP contribution in [0.5, 0.6) is 0 Å². The van der Waals surface area contributed by atoms with Gasteiger partial charge < -0.3 is 11.1 Å². The molecule has 6 heteroatoms. The van der Waals surface area contributed by atoms with Crippen LogP contribution in [0.3, 0.4) is 0 Å². The van der Waals surface area contributed by atoms with Gasteiger partial charge in [0.05, 0.1) is 6.20 Å². The lowest BCUT2D eigenvalue weighted by Gasteiger charge is -2.08. The predicted octanol–water partition coefficient (Wildman–Crippen LogP) is 0.874. The molecular weight excluding hydrogens is 224 g/mol. The molecule has 1 amide bonds. The summed E-state index contributed by atoms with van der Waals surface area (Å²) < 4.78 is 1.49. The van der Waals surface area contributed by atoms with Crippen LogP contribution in [-0.4, -0.2) is 33.7 Å². The van der Waals surface area contributed by atoms with Gasteiger partial charge in [-0.2, -0.15) is 16.9 Å². The number of nitrogens with zero attached hydrogens (tertiary/aromatic N) is 2. The van der Waals surface area contributed by atoms with Gasteiger partial charge in [-0.15, -0.1) is 0 Å². The van der Waals surface area contributed by atoms with E-state index < -0.39 is 0 Å². The van der Waals surface area contributed by atoms with Crippen LogP contribution in [-0.2, 0) is 7.05 Å². The summed E-state index contributed by atoms with van der Waals surface area (Å²) in [5.41, 5.74) is 6.14. The lowest BCUT2D eigenvalue weighted by Crippen LogP contribution is -2.26. The summed E-state index contributed by atoms with van der Waals surface area (Å²) in [6, 6.07) is 0. The Morgan fingerprint density at radius 2 is 2.44 bits per heavy atom. The molecule has 0 aliphatic carbocycles. The second kappa shape index (κ2) is 5.79. The molecular formula is C10H18N4OS. The molecule has 1 unspecified atom stereocenters. The molecule has 0 aromatic carbocycles. The summed E-state index contributed by atoms with van der Waals surface area (Å²) in [5, 5.41) is 7.30. The molecule has 0 aliphatic heterocycles. The molecule has 90 valence electrons. The van der Waals surface area contributed by atoms with E-state index in [0.29, 0.717) is 23.2 Å². The molecule has 0 bridgehead atoms. The fourth-order valence-corrected chi connectivity index (χ4v) is 1.58. The zero-order valence-electron chi connectivity index (χ0n) is 9.86. The average Bonchev–Trinajstić information content (AvgIpc) is 2.59. The minimum atomic E-state index is -0.154. The lowest BCUT2D eigenvalue weighted by atomic mass is 10.3. The number of nitrogens with two attached hydrogens (primary N) is 1. The number of nitrogens with one attached hydrogen (secondary N) is 1. The van der Waals surface area contributed by atoms with Crippen molar-refractivity contribution in [3.8, 4) is 0 Å². The maximum atomic E-state index is 11.7. The van der Waals surface area contributed by atoms with E-state index in [4.69, 9.17) is 5.73 Å². The molecule has 1 rings (SSSR count). The third-order valence-corrected chi connectivity index (χ3v) is 3.51. The Hall–Kier alpha value is -1.17. The summed E-state index contributed by atoms with van der Waals surface area (Å²) in [5.74, 6) is 0.245. The molecule has 0 aliphatic rings. The summed E-state index contributed by atoms with van der Waals surface area (Å²) in [6.45, 7) is 2.80. The molecule has 0 spiro atoms. The quantitative estimate of drug-likeness (QED) is 0.803. The molecule has 1 heterocycles. The Morgan fingerprint density at radius 1 is 1.75 bits per heavy atom. The van der Waals surface area contributed by atoms with E-state index in [1.54, 1.807) is 18.8 Å². The van der Waals surface area contributed by atoms with Crippen LogP contribution >= 0.6 is 11.8 Å². The van der Waals surface area contributed by atoms with E-state index >= 15 is 0 Å². The number of amides is 1. The van der Waals surface area contributed by atoms with Gasteiger partial charge in [-0.1, -0.05) is 6.92 Å². The average molecular weight is 242 g/mol. The first-order valence-electron chi connectivity index (χ1n) is 5.14. The standard InChI is InChI=1S/C10H18N4OS/c1-7(16-3)4-5-12-10(15)8-6-13-14(2)9(8)11/h6-7H,4-5,11H2,1-3H3,(H,12,15). The van der Waals surface area contributed by atoms with Crippen LogP contribution in [0.15, 0.2) is 6.20 Å². The third-order valence-electron chi connectivity index (χ3n) is 2.47. The van der Waals surface area contributed by atoms with Crippen molar-refractivity contribution in [3.63, 3.8) is 0 Å². The van der Waals surface area contributed by atoms with Gasteiger partial charge in [-0.05, 0) is 12.7 Å². The summed E-state index contributed by atoms with van der Waals surface area (Å²) >= 11 is 1.79. The number of aromatic nitrogens is 2. The first-order valence-corrected chi connectivity index (χ1v) is 6.43. The molecule has 3 N–H and O–H groups in total. The van der Waals surface area contributed by atoms with E-state index in [9.17, 15) is 4.79 Å². The van der Waals surface area contributed by atoms with Crippen molar-refractivity contribution in [2.24, 2.45) is 7.05 Å². The van der Waals surface area contributed by atoms with Crippen LogP contribution in [0, 0.1) is 0 Å². The highest BCUT2D eigenvalue weighted by Gasteiger charge is 2.13. The maximum Gasteiger partial charge on any atom is 0.256 e. The highest BCUT2D eigenvalue weighted by Crippen LogP contribution is 2.10. The van der Waals surface area contributed by atoms with Gasteiger partial charge in [0.25, 0.3) is 5.91 Å². The molecule has 1 aromatic rings. The largest absolute Gasteiger partial charge is 0.383 e. The van der Waals surface area contributed by atoms with Crippen molar-refractivity contribution in [2.45, 2.75) is 18.6 Å². The zero-order chi connectivity index (χ0) is 12.1. The van der Waals surface area contributed by atoms with E-state index in [1.807, 2.05) is 0 Å². The topological polar surface area (TPSA) is 72.9 Å². The van der Waals surface area contributed by atoms with Crippen molar-refractivity contribution in [3.05, 3.63) is 11.8 Å². The number of anilines is 1. The minimum Gasteiger partial charge on any atom is -0.383 e. The normalized spacial score (nSPS) is 12.4. The second-order valence-electron chi connectivity index (χ2n) is 3.66. The van der Waals surface area contributed by atoms with Crippen molar-refractivity contribution >= 4 is 23.5 Å². The van der Waals surface area contributed by atoms with E-state index in [0.717, 1.165) is 6.42 Å². The number of rotatable bonds is 5. The number of carbonyl (C=O) groups excluding carboxylic acids is 1.